The second kappa shape index (κ2) is 7.83. The molecule has 5 nitrogen and oxygen atoms in total. The number of halogens is 1. The van der Waals surface area contributed by atoms with Gasteiger partial charge in [0, 0.05) is 36.8 Å². The van der Waals surface area contributed by atoms with Crippen LogP contribution in [0.4, 0.5) is 4.39 Å². The Morgan fingerprint density at radius 1 is 1.10 bits per heavy atom. The molecule has 0 radical (unpaired) electrons. The van der Waals surface area contributed by atoms with E-state index in [4.69, 9.17) is 0 Å². The molecule has 6 heteroatoms. The summed E-state index contributed by atoms with van der Waals surface area (Å²) < 4.78 is 15.3. The van der Waals surface area contributed by atoms with Crippen molar-refractivity contribution in [1.82, 2.24) is 19.7 Å². The molecule has 0 saturated heterocycles. The van der Waals surface area contributed by atoms with Gasteiger partial charge < -0.3 is 4.90 Å². The van der Waals surface area contributed by atoms with Gasteiger partial charge in [0.1, 0.15) is 5.82 Å². The SMILES string of the molecule is Cc1nc2cc(F)ccc2cc1C(=O)N(C)Cc1cnn(Cc2ccccc2)c1. The molecule has 0 unspecified atom stereocenters. The van der Waals surface area contributed by atoms with Crippen LogP contribution in [0.2, 0.25) is 0 Å². The van der Waals surface area contributed by atoms with E-state index in [2.05, 4.69) is 22.2 Å². The summed E-state index contributed by atoms with van der Waals surface area (Å²) in [4.78, 5) is 19.0. The normalized spacial score (nSPS) is 11.0. The first-order valence-corrected chi connectivity index (χ1v) is 9.37. The number of carbonyl (C=O) groups is 1. The first kappa shape index (κ1) is 18.8. The minimum atomic E-state index is -0.340. The number of hydrogen-bond donors (Lipinski definition) is 0. The Balaban J connectivity index is 1.49. The quantitative estimate of drug-likeness (QED) is 0.515. The van der Waals surface area contributed by atoms with Gasteiger partial charge in [-0.2, -0.15) is 5.10 Å². The molecule has 0 N–H and O–H groups in total. The number of fused-ring (bicyclic) bond motifs is 1. The second-order valence-corrected chi connectivity index (χ2v) is 7.15. The van der Waals surface area contributed by atoms with Crippen LogP contribution >= 0.6 is 0 Å². The number of nitrogens with zero attached hydrogens (tertiary/aromatic N) is 4. The van der Waals surface area contributed by atoms with Crippen LogP contribution in [0.1, 0.15) is 27.2 Å². The summed E-state index contributed by atoms with van der Waals surface area (Å²) in [7, 11) is 1.76. The molecule has 0 bridgehead atoms. The summed E-state index contributed by atoms with van der Waals surface area (Å²) in [5.74, 6) is -0.467. The van der Waals surface area contributed by atoms with E-state index in [-0.39, 0.29) is 11.7 Å². The van der Waals surface area contributed by atoms with Crippen LogP contribution in [0.5, 0.6) is 0 Å². The number of hydrogen-bond acceptors (Lipinski definition) is 3. The van der Waals surface area contributed by atoms with Crippen molar-refractivity contribution in [1.29, 1.82) is 0 Å². The van der Waals surface area contributed by atoms with Gasteiger partial charge in [0.2, 0.25) is 0 Å². The van der Waals surface area contributed by atoms with Crippen LogP contribution in [0.15, 0.2) is 67.0 Å². The molecule has 2 aromatic carbocycles. The predicted octanol–water partition coefficient (Wildman–Crippen LogP) is 4.20. The standard InChI is InChI=1S/C23H21FN4O/c1-16-21(10-19-8-9-20(24)11-22(19)26-16)23(29)27(2)13-18-12-25-28(15-18)14-17-6-4-3-5-7-17/h3-12,15H,13-14H2,1-2H3. The fourth-order valence-corrected chi connectivity index (χ4v) is 3.35. The number of carbonyl (C=O) groups excluding carboxylic acids is 1. The van der Waals surface area contributed by atoms with Crippen LogP contribution in [0.25, 0.3) is 10.9 Å². The third kappa shape index (κ3) is 4.16. The predicted molar refractivity (Wildman–Crippen MR) is 110 cm³/mol. The van der Waals surface area contributed by atoms with Crippen molar-refractivity contribution in [3.05, 3.63) is 95.2 Å². The minimum absolute atomic E-state index is 0.128. The van der Waals surface area contributed by atoms with E-state index in [1.165, 1.54) is 17.7 Å². The lowest BCUT2D eigenvalue weighted by atomic mass is 10.1. The molecular formula is C23H21FN4O. The Hall–Kier alpha value is -3.54. The van der Waals surface area contributed by atoms with E-state index in [0.717, 1.165) is 10.9 Å². The molecular weight excluding hydrogens is 367 g/mol. The number of aryl methyl sites for hydroxylation is 1. The lowest BCUT2D eigenvalue weighted by molar-refractivity contribution is 0.0784. The Morgan fingerprint density at radius 2 is 1.90 bits per heavy atom. The highest BCUT2D eigenvalue weighted by Gasteiger charge is 2.17. The van der Waals surface area contributed by atoms with Gasteiger partial charge in [0.25, 0.3) is 5.91 Å². The van der Waals surface area contributed by atoms with Crippen LogP contribution < -0.4 is 0 Å². The van der Waals surface area contributed by atoms with E-state index in [0.29, 0.717) is 29.9 Å². The zero-order chi connectivity index (χ0) is 20.4. The molecule has 2 heterocycles. The summed E-state index contributed by atoms with van der Waals surface area (Å²) in [6.45, 7) is 2.89. The van der Waals surface area contributed by atoms with Crippen molar-refractivity contribution in [2.24, 2.45) is 0 Å². The zero-order valence-corrected chi connectivity index (χ0v) is 16.3. The number of aromatic nitrogens is 3. The molecule has 0 aliphatic heterocycles. The van der Waals surface area contributed by atoms with Crippen molar-refractivity contribution in [3.63, 3.8) is 0 Å². The van der Waals surface area contributed by atoms with Gasteiger partial charge in [0.05, 0.1) is 29.5 Å². The number of pyridine rings is 1. The van der Waals surface area contributed by atoms with Crippen molar-refractivity contribution in [3.8, 4) is 0 Å². The van der Waals surface area contributed by atoms with Crippen molar-refractivity contribution < 1.29 is 9.18 Å². The molecule has 1 amide bonds. The van der Waals surface area contributed by atoms with Crippen LogP contribution in [0, 0.1) is 12.7 Å². The molecule has 0 aliphatic carbocycles. The average Bonchev–Trinajstić information content (AvgIpc) is 3.14. The minimum Gasteiger partial charge on any atom is -0.337 e. The maximum absolute atomic E-state index is 13.4. The van der Waals surface area contributed by atoms with E-state index in [1.54, 1.807) is 37.2 Å². The molecule has 0 atom stereocenters. The van der Waals surface area contributed by atoms with Gasteiger partial charge in [-0.25, -0.2) is 4.39 Å². The highest BCUT2D eigenvalue weighted by atomic mass is 19.1. The summed E-state index contributed by atoms with van der Waals surface area (Å²) in [5.41, 5.74) is 3.76. The van der Waals surface area contributed by atoms with Gasteiger partial charge in [-0.15, -0.1) is 0 Å². The molecule has 2 aromatic heterocycles. The lowest BCUT2D eigenvalue weighted by Crippen LogP contribution is -2.27. The molecule has 4 aromatic rings. The molecule has 0 fully saturated rings. The maximum Gasteiger partial charge on any atom is 0.255 e. The van der Waals surface area contributed by atoms with E-state index >= 15 is 0 Å². The summed E-state index contributed by atoms with van der Waals surface area (Å²) in [6, 6.07) is 16.3. The first-order valence-electron chi connectivity index (χ1n) is 9.37. The summed E-state index contributed by atoms with van der Waals surface area (Å²) in [6.07, 6.45) is 3.73. The summed E-state index contributed by atoms with van der Waals surface area (Å²) in [5, 5.41) is 5.13. The smallest absolute Gasteiger partial charge is 0.255 e. The van der Waals surface area contributed by atoms with Crippen LogP contribution in [0.3, 0.4) is 0 Å². The van der Waals surface area contributed by atoms with Gasteiger partial charge in [0.15, 0.2) is 0 Å². The van der Waals surface area contributed by atoms with Crippen molar-refractivity contribution in [2.75, 3.05) is 7.05 Å². The number of benzene rings is 2. The molecule has 146 valence electrons. The number of amides is 1. The monoisotopic (exact) mass is 388 g/mol. The van der Waals surface area contributed by atoms with E-state index < -0.39 is 0 Å². The maximum atomic E-state index is 13.4. The van der Waals surface area contributed by atoms with Crippen molar-refractivity contribution >= 4 is 16.8 Å². The Kier molecular flexibility index (Phi) is 5.08. The third-order valence-electron chi connectivity index (χ3n) is 4.84. The fraction of sp³-hybridized carbons (Fsp3) is 0.174. The highest BCUT2D eigenvalue weighted by Crippen LogP contribution is 2.19. The third-order valence-corrected chi connectivity index (χ3v) is 4.84. The van der Waals surface area contributed by atoms with E-state index in [9.17, 15) is 9.18 Å². The Bertz CT molecular complexity index is 1170. The molecule has 29 heavy (non-hydrogen) atoms. The van der Waals surface area contributed by atoms with Crippen molar-refractivity contribution in [2.45, 2.75) is 20.0 Å². The zero-order valence-electron chi connectivity index (χ0n) is 16.3. The topological polar surface area (TPSA) is 51.0 Å². The highest BCUT2D eigenvalue weighted by molar-refractivity contribution is 5.98. The first-order chi connectivity index (χ1) is 14.0. The molecule has 0 saturated carbocycles. The average molecular weight is 388 g/mol. The van der Waals surface area contributed by atoms with E-state index in [1.807, 2.05) is 29.1 Å². The fourth-order valence-electron chi connectivity index (χ4n) is 3.35. The molecule has 0 aliphatic rings. The molecule has 4 rings (SSSR count). The van der Waals surface area contributed by atoms with Gasteiger partial charge in [-0.05, 0) is 30.7 Å². The molecule has 0 spiro atoms. The van der Waals surface area contributed by atoms with Crippen LogP contribution in [-0.4, -0.2) is 32.6 Å². The lowest BCUT2D eigenvalue weighted by Gasteiger charge is -2.17. The Labute approximate surface area is 168 Å². The van der Waals surface area contributed by atoms with Gasteiger partial charge >= 0.3 is 0 Å². The summed E-state index contributed by atoms with van der Waals surface area (Å²) >= 11 is 0. The van der Waals surface area contributed by atoms with Gasteiger partial charge in [-0.3, -0.25) is 14.5 Å². The Morgan fingerprint density at radius 3 is 2.69 bits per heavy atom. The second-order valence-electron chi connectivity index (χ2n) is 7.15. The van der Waals surface area contributed by atoms with Crippen LogP contribution in [-0.2, 0) is 13.1 Å². The van der Waals surface area contributed by atoms with Gasteiger partial charge in [-0.1, -0.05) is 30.3 Å². The number of rotatable bonds is 5. The largest absolute Gasteiger partial charge is 0.337 e.